The first-order valence-electron chi connectivity index (χ1n) is 9.99. The molecule has 5 nitrogen and oxygen atoms in total. The van der Waals surface area contributed by atoms with Crippen molar-refractivity contribution in [3.63, 3.8) is 0 Å². The molecule has 1 aromatic carbocycles. The van der Waals surface area contributed by atoms with Gasteiger partial charge in [-0.1, -0.05) is 12.1 Å². The van der Waals surface area contributed by atoms with Crippen molar-refractivity contribution in [1.82, 2.24) is 10.6 Å². The molecule has 1 amide bonds. The summed E-state index contributed by atoms with van der Waals surface area (Å²) in [6.45, 7) is 0.458. The largest absolute Gasteiger partial charge is 0.508 e. The molecule has 3 N–H and O–H groups in total. The summed E-state index contributed by atoms with van der Waals surface area (Å²) in [7, 11) is 0. The molecule has 0 spiro atoms. The van der Waals surface area contributed by atoms with Crippen molar-refractivity contribution in [2.24, 2.45) is 17.8 Å². The van der Waals surface area contributed by atoms with Gasteiger partial charge in [0.15, 0.2) is 0 Å². The maximum atomic E-state index is 12.4. The summed E-state index contributed by atoms with van der Waals surface area (Å²) in [5.74, 6) is 2.37. The van der Waals surface area contributed by atoms with Crippen LogP contribution in [0.2, 0.25) is 0 Å². The van der Waals surface area contributed by atoms with Gasteiger partial charge in [0.2, 0.25) is 0 Å². The van der Waals surface area contributed by atoms with Crippen molar-refractivity contribution in [3.05, 3.63) is 41.6 Å². The van der Waals surface area contributed by atoms with Crippen LogP contribution in [0.3, 0.4) is 0 Å². The van der Waals surface area contributed by atoms with Crippen LogP contribution in [-0.4, -0.2) is 23.1 Å². The molecule has 0 unspecified atom stereocenters. The minimum Gasteiger partial charge on any atom is -0.508 e. The molecule has 142 valence electrons. The van der Waals surface area contributed by atoms with Crippen LogP contribution in [0.5, 0.6) is 5.75 Å². The molecule has 0 aromatic heterocycles. The third-order valence-electron chi connectivity index (χ3n) is 6.56. The summed E-state index contributed by atoms with van der Waals surface area (Å²) in [4.78, 5) is 12.4. The number of carbonyl (C=O) groups is 1. The smallest absolute Gasteiger partial charge is 0.263 e. The number of amides is 1. The Morgan fingerprint density at radius 3 is 2.30 bits per heavy atom. The van der Waals surface area contributed by atoms with E-state index in [4.69, 9.17) is 0 Å². The normalized spacial score (nSPS) is 31.4. The average Bonchev–Trinajstić information content (AvgIpc) is 2.63. The lowest BCUT2D eigenvalue weighted by molar-refractivity contribution is -0.117. The van der Waals surface area contributed by atoms with E-state index < -0.39 is 0 Å². The van der Waals surface area contributed by atoms with Gasteiger partial charge in [-0.05, 0) is 80.4 Å². The molecule has 0 radical (unpaired) electrons. The quantitative estimate of drug-likeness (QED) is 0.534. The molecule has 4 aliphatic rings. The summed E-state index contributed by atoms with van der Waals surface area (Å²) >= 11 is 0. The van der Waals surface area contributed by atoms with Crippen molar-refractivity contribution in [1.29, 1.82) is 5.26 Å². The Morgan fingerprint density at radius 1 is 1.15 bits per heavy atom. The Labute approximate surface area is 160 Å². The third kappa shape index (κ3) is 3.95. The van der Waals surface area contributed by atoms with E-state index in [1.54, 1.807) is 18.3 Å². The second-order valence-electron chi connectivity index (χ2n) is 8.68. The lowest BCUT2D eigenvalue weighted by atomic mass is 9.53. The predicted molar refractivity (Wildman–Crippen MR) is 103 cm³/mol. The van der Waals surface area contributed by atoms with E-state index in [0.717, 1.165) is 23.3 Å². The number of carbonyl (C=O) groups excluding carboxylic acids is 1. The molecule has 0 heterocycles. The standard InChI is InChI=1S/C22H27N3O2/c23-13-19(21(27)24-6-5-15-1-3-20(26)4-2-15)14-25-22-10-16-7-17(11-22)9-18(8-16)12-22/h1-4,14,16-18,25-26H,5-12H2,(H,24,27)/b19-14-. The van der Waals surface area contributed by atoms with E-state index in [-0.39, 0.29) is 22.8 Å². The van der Waals surface area contributed by atoms with Gasteiger partial charge < -0.3 is 15.7 Å². The third-order valence-corrected chi connectivity index (χ3v) is 6.56. The van der Waals surface area contributed by atoms with Gasteiger partial charge in [0.25, 0.3) is 5.91 Å². The second-order valence-corrected chi connectivity index (χ2v) is 8.68. The van der Waals surface area contributed by atoms with Gasteiger partial charge in [-0.25, -0.2) is 0 Å². The zero-order valence-electron chi connectivity index (χ0n) is 15.6. The molecule has 0 aliphatic heterocycles. The molecular weight excluding hydrogens is 338 g/mol. The molecule has 4 saturated carbocycles. The second kappa shape index (κ2) is 7.26. The molecule has 1 aromatic rings. The van der Waals surface area contributed by atoms with Crippen LogP contribution < -0.4 is 10.6 Å². The Kier molecular flexibility index (Phi) is 4.82. The van der Waals surface area contributed by atoms with E-state index in [0.29, 0.717) is 13.0 Å². The summed E-state index contributed by atoms with van der Waals surface area (Å²) < 4.78 is 0. The van der Waals surface area contributed by atoms with E-state index in [1.165, 1.54) is 38.5 Å². The topological polar surface area (TPSA) is 85.2 Å². The fraction of sp³-hybridized carbons (Fsp3) is 0.545. The highest BCUT2D eigenvalue weighted by atomic mass is 16.3. The van der Waals surface area contributed by atoms with Crippen molar-refractivity contribution in [2.75, 3.05) is 6.54 Å². The number of hydrogen-bond donors (Lipinski definition) is 3. The molecule has 5 heteroatoms. The minimum atomic E-state index is -0.325. The van der Waals surface area contributed by atoms with Crippen molar-refractivity contribution in [2.45, 2.75) is 50.5 Å². The first-order valence-corrected chi connectivity index (χ1v) is 9.99. The Bertz CT molecular complexity index is 740. The molecule has 0 saturated heterocycles. The van der Waals surface area contributed by atoms with Gasteiger partial charge in [-0.3, -0.25) is 4.79 Å². The maximum Gasteiger partial charge on any atom is 0.263 e. The van der Waals surface area contributed by atoms with Crippen molar-refractivity contribution >= 4 is 5.91 Å². The van der Waals surface area contributed by atoms with Gasteiger partial charge in [-0.2, -0.15) is 5.26 Å². The molecule has 5 rings (SSSR count). The Hall–Kier alpha value is -2.48. The highest BCUT2D eigenvalue weighted by Gasteiger charge is 2.50. The molecular formula is C22H27N3O2. The van der Waals surface area contributed by atoms with Crippen LogP contribution >= 0.6 is 0 Å². The predicted octanol–water partition coefficient (Wildman–Crippen LogP) is 3.02. The van der Waals surface area contributed by atoms with E-state index in [9.17, 15) is 15.2 Å². The van der Waals surface area contributed by atoms with Gasteiger partial charge in [0.05, 0.1) is 0 Å². The maximum absolute atomic E-state index is 12.4. The fourth-order valence-electron chi connectivity index (χ4n) is 5.74. The first-order chi connectivity index (χ1) is 13.0. The van der Waals surface area contributed by atoms with Crippen LogP contribution in [0.4, 0.5) is 0 Å². The average molecular weight is 365 g/mol. The molecule has 4 bridgehead atoms. The number of phenolic OH excluding ortho intramolecular Hbond substituents is 1. The van der Waals surface area contributed by atoms with Crippen LogP contribution in [0.15, 0.2) is 36.0 Å². The number of nitrogens with zero attached hydrogens (tertiary/aromatic N) is 1. The molecule has 4 aliphatic carbocycles. The van der Waals surface area contributed by atoms with Crippen LogP contribution in [-0.2, 0) is 11.2 Å². The van der Waals surface area contributed by atoms with Gasteiger partial charge in [0.1, 0.15) is 17.4 Å². The number of phenols is 1. The first kappa shape index (κ1) is 17.9. The van der Waals surface area contributed by atoms with E-state index in [2.05, 4.69) is 10.6 Å². The highest BCUT2D eigenvalue weighted by Crippen LogP contribution is 2.55. The van der Waals surface area contributed by atoms with Crippen LogP contribution in [0, 0.1) is 29.1 Å². The number of nitriles is 1. The number of benzene rings is 1. The lowest BCUT2D eigenvalue weighted by Crippen LogP contribution is -2.57. The van der Waals surface area contributed by atoms with E-state index in [1.807, 2.05) is 18.2 Å². The zero-order chi connectivity index (χ0) is 18.9. The number of hydrogen-bond acceptors (Lipinski definition) is 4. The molecule has 4 fully saturated rings. The number of rotatable bonds is 6. The monoisotopic (exact) mass is 365 g/mol. The Morgan fingerprint density at radius 2 is 1.74 bits per heavy atom. The van der Waals surface area contributed by atoms with Crippen LogP contribution in [0.1, 0.15) is 44.1 Å². The van der Waals surface area contributed by atoms with Crippen molar-refractivity contribution < 1.29 is 9.90 Å². The minimum absolute atomic E-state index is 0.100. The number of aromatic hydroxyl groups is 1. The van der Waals surface area contributed by atoms with Crippen molar-refractivity contribution in [3.8, 4) is 11.8 Å². The zero-order valence-corrected chi connectivity index (χ0v) is 15.6. The Balaban J connectivity index is 1.32. The summed E-state index contributed by atoms with van der Waals surface area (Å²) in [5, 5.41) is 25.0. The highest BCUT2D eigenvalue weighted by molar-refractivity contribution is 5.97. The van der Waals surface area contributed by atoms with E-state index >= 15 is 0 Å². The van der Waals surface area contributed by atoms with Gasteiger partial charge in [0, 0.05) is 18.3 Å². The van der Waals surface area contributed by atoms with Gasteiger partial charge in [-0.15, -0.1) is 0 Å². The van der Waals surface area contributed by atoms with Crippen LogP contribution in [0.25, 0.3) is 0 Å². The summed E-state index contributed by atoms with van der Waals surface area (Å²) in [6.07, 6.45) is 9.95. The van der Waals surface area contributed by atoms with Gasteiger partial charge >= 0.3 is 0 Å². The molecule has 0 atom stereocenters. The SMILES string of the molecule is N#C/C(=C/NC12CC3CC(CC(C3)C1)C2)C(=O)NCCc1ccc(O)cc1. The number of nitrogens with one attached hydrogen (secondary N) is 2. The lowest BCUT2D eigenvalue weighted by Gasteiger charge is -2.56. The summed E-state index contributed by atoms with van der Waals surface area (Å²) in [6, 6.07) is 8.97. The summed E-state index contributed by atoms with van der Waals surface area (Å²) in [5.41, 5.74) is 1.28. The molecule has 27 heavy (non-hydrogen) atoms. The fourth-order valence-corrected chi connectivity index (χ4v) is 5.74.